The van der Waals surface area contributed by atoms with Gasteiger partial charge in [-0.05, 0) is 19.1 Å². The van der Waals surface area contributed by atoms with Crippen molar-refractivity contribution in [2.75, 3.05) is 6.54 Å². The maximum Gasteiger partial charge on any atom is 0.405 e. The Morgan fingerprint density at radius 3 is 2.58 bits per heavy atom. The van der Waals surface area contributed by atoms with Crippen LogP contribution in [0, 0.1) is 6.92 Å². The summed E-state index contributed by atoms with van der Waals surface area (Å²) in [6, 6.07) is 10.7. The van der Waals surface area contributed by atoms with Crippen LogP contribution in [0.2, 0.25) is 0 Å². The van der Waals surface area contributed by atoms with E-state index >= 15 is 0 Å². The van der Waals surface area contributed by atoms with Crippen molar-refractivity contribution in [3.05, 3.63) is 59.9 Å². The Hall–Kier alpha value is -2.83. The number of imidazole rings is 1. The number of carbonyl (C=O) groups is 1. The van der Waals surface area contributed by atoms with Crippen LogP contribution < -0.4 is 5.32 Å². The molecule has 24 heavy (non-hydrogen) atoms. The van der Waals surface area contributed by atoms with E-state index in [0.29, 0.717) is 11.3 Å². The monoisotopic (exact) mass is 333 g/mol. The third-order valence-electron chi connectivity index (χ3n) is 3.52. The molecule has 1 N–H and O–H groups in total. The smallest absolute Gasteiger partial charge is 0.343 e. The molecule has 0 radical (unpaired) electrons. The van der Waals surface area contributed by atoms with Crippen molar-refractivity contribution in [1.82, 2.24) is 14.7 Å². The van der Waals surface area contributed by atoms with Crippen LogP contribution in [0.4, 0.5) is 13.2 Å². The number of alkyl halides is 3. The zero-order valence-electron chi connectivity index (χ0n) is 12.8. The van der Waals surface area contributed by atoms with E-state index in [1.54, 1.807) is 22.9 Å². The zero-order chi connectivity index (χ0) is 17.3. The molecule has 1 amide bonds. The molecule has 1 aromatic carbocycles. The van der Waals surface area contributed by atoms with E-state index in [1.165, 1.54) is 6.07 Å². The molecule has 7 heteroatoms. The zero-order valence-corrected chi connectivity index (χ0v) is 12.8. The first-order valence-electron chi connectivity index (χ1n) is 7.23. The normalized spacial score (nSPS) is 11.7. The average Bonchev–Trinajstić information content (AvgIpc) is 2.96. The van der Waals surface area contributed by atoms with Gasteiger partial charge in [0.1, 0.15) is 12.2 Å². The fraction of sp³-hybridized carbons (Fsp3) is 0.176. The predicted molar refractivity (Wildman–Crippen MR) is 83.8 cm³/mol. The maximum atomic E-state index is 12.3. The number of aromatic nitrogens is 2. The molecule has 0 saturated heterocycles. The second-order valence-corrected chi connectivity index (χ2v) is 5.44. The first-order valence-corrected chi connectivity index (χ1v) is 7.23. The lowest BCUT2D eigenvalue weighted by Crippen LogP contribution is -2.33. The highest BCUT2D eigenvalue weighted by Crippen LogP contribution is 2.21. The molecule has 0 spiro atoms. The van der Waals surface area contributed by atoms with Gasteiger partial charge in [-0.1, -0.05) is 29.8 Å². The Morgan fingerprint density at radius 2 is 1.92 bits per heavy atom. The number of halogens is 3. The molecular weight excluding hydrogens is 319 g/mol. The number of nitrogens with one attached hydrogen (secondary N) is 1. The standard InChI is InChI=1S/C17H14F3N3O/c1-11-4-6-12(7-5-11)14-9-23-8-2-3-13(15(23)22-14)16(24)21-10-17(18,19)20/h2-9H,10H2,1H3,(H,21,24). The fourth-order valence-corrected chi connectivity index (χ4v) is 2.33. The third-order valence-corrected chi connectivity index (χ3v) is 3.52. The molecule has 3 aromatic rings. The second kappa shape index (κ2) is 5.99. The molecule has 2 aromatic heterocycles. The van der Waals surface area contributed by atoms with Gasteiger partial charge >= 0.3 is 6.18 Å². The Morgan fingerprint density at radius 1 is 1.21 bits per heavy atom. The second-order valence-electron chi connectivity index (χ2n) is 5.44. The quantitative estimate of drug-likeness (QED) is 0.796. The van der Waals surface area contributed by atoms with Crippen LogP contribution in [-0.4, -0.2) is 28.0 Å². The van der Waals surface area contributed by atoms with Gasteiger partial charge in [-0.25, -0.2) is 4.98 Å². The molecule has 0 fully saturated rings. The van der Waals surface area contributed by atoms with Crippen molar-refractivity contribution < 1.29 is 18.0 Å². The van der Waals surface area contributed by atoms with E-state index in [2.05, 4.69) is 4.98 Å². The molecule has 0 bridgehead atoms. The summed E-state index contributed by atoms with van der Waals surface area (Å²) in [6.07, 6.45) is -1.02. The van der Waals surface area contributed by atoms with Gasteiger partial charge in [-0.3, -0.25) is 4.79 Å². The van der Waals surface area contributed by atoms with E-state index in [1.807, 2.05) is 36.5 Å². The molecule has 124 valence electrons. The van der Waals surface area contributed by atoms with Crippen molar-refractivity contribution in [3.8, 4) is 11.3 Å². The molecule has 2 heterocycles. The summed E-state index contributed by atoms with van der Waals surface area (Å²) in [5.41, 5.74) is 3.03. The highest BCUT2D eigenvalue weighted by Gasteiger charge is 2.28. The van der Waals surface area contributed by atoms with Crippen molar-refractivity contribution in [2.45, 2.75) is 13.1 Å². The summed E-state index contributed by atoms with van der Waals surface area (Å²) in [5, 5.41) is 1.87. The molecule has 0 unspecified atom stereocenters. The Kier molecular flexibility index (Phi) is 4.01. The van der Waals surface area contributed by atoms with Gasteiger partial charge in [-0.2, -0.15) is 13.2 Å². The topological polar surface area (TPSA) is 46.4 Å². The molecule has 0 atom stereocenters. The first-order chi connectivity index (χ1) is 11.3. The highest BCUT2D eigenvalue weighted by atomic mass is 19.4. The summed E-state index contributed by atoms with van der Waals surface area (Å²) in [5.74, 6) is -0.806. The van der Waals surface area contributed by atoms with Gasteiger partial charge in [0.15, 0.2) is 0 Å². The number of pyridine rings is 1. The van der Waals surface area contributed by atoms with Crippen LogP contribution in [0.1, 0.15) is 15.9 Å². The Bertz CT molecular complexity index is 882. The summed E-state index contributed by atoms with van der Waals surface area (Å²) in [4.78, 5) is 16.4. The highest BCUT2D eigenvalue weighted by molar-refractivity contribution is 6.00. The lowest BCUT2D eigenvalue weighted by molar-refractivity contribution is -0.123. The minimum absolute atomic E-state index is 0.0973. The van der Waals surface area contributed by atoms with Crippen molar-refractivity contribution in [1.29, 1.82) is 0 Å². The average molecular weight is 333 g/mol. The molecule has 0 saturated carbocycles. The van der Waals surface area contributed by atoms with Crippen LogP contribution in [0.15, 0.2) is 48.8 Å². The number of amides is 1. The number of hydrogen-bond acceptors (Lipinski definition) is 2. The van der Waals surface area contributed by atoms with Gasteiger partial charge in [0.25, 0.3) is 5.91 Å². The molecule has 0 aliphatic rings. The van der Waals surface area contributed by atoms with Gasteiger partial charge in [0.2, 0.25) is 0 Å². The van der Waals surface area contributed by atoms with Crippen molar-refractivity contribution in [3.63, 3.8) is 0 Å². The SMILES string of the molecule is Cc1ccc(-c2cn3cccc(C(=O)NCC(F)(F)F)c3n2)cc1. The minimum Gasteiger partial charge on any atom is -0.343 e. The molecule has 3 rings (SSSR count). The van der Waals surface area contributed by atoms with E-state index in [4.69, 9.17) is 0 Å². The first kappa shape index (κ1) is 16.0. The van der Waals surface area contributed by atoms with Gasteiger partial charge < -0.3 is 9.72 Å². The lowest BCUT2D eigenvalue weighted by Gasteiger charge is -2.08. The Balaban J connectivity index is 1.95. The summed E-state index contributed by atoms with van der Waals surface area (Å²) in [6.45, 7) is 0.592. The fourth-order valence-electron chi connectivity index (χ4n) is 2.33. The number of aryl methyl sites for hydroxylation is 1. The van der Waals surface area contributed by atoms with Gasteiger partial charge in [0, 0.05) is 18.0 Å². The van der Waals surface area contributed by atoms with Gasteiger partial charge in [-0.15, -0.1) is 0 Å². The maximum absolute atomic E-state index is 12.3. The van der Waals surface area contributed by atoms with Crippen molar-refractivity contribution >= 4 is 11.6 Å². The van der Waals surface area contributed by atoms with Crippen molar-refractivity contribution in [2.24, 2.45) is 0 Å². The number of fused-ring (bicyclic) bond motifs is 1. The minimum atomic E-state index is -4.46. The van der Waals surface area contributed by atoms with Crippen LogP contribution >= 0.6 is 0 Å². The predicted octanol–water partition coefficient (Wildman–Crippen LogP) is 3.60. The number of rotatable bonds is 3. The largest absolute Gasteiger partial charge is 0.405 e. The van der Waals surface area contributed by atoms with E-state index < -0.39 is 18.6 Å². The van der Waals surface area contributed by atoms with E-state index in [9.17, 15) is 18.0 Å². The molecule has 0 aliphatic carbocycles. The van der Waals surface area contributed by atoms with E-state index in [-0.39, 0.29) is 5.56 Å². The van der Waals surface area contributed by atoms with E-state index in [0.717, 1.165) is 11.1 Å². The number of carbonyl (C=O) groups excluding carboxylic acids is 1. The number of nitrogens with zero attached hydrogens (tertiary/aromatic N) is 2. The molecule has 4 nitrogen and oxygen atoms in total. The van der Waals surface area contributed by atoms with Crippen LogP contribution in [-0.2, 0) is 0 Å². The third kappa shape index (κ3) is 3.40. The number of benzene rings is 1. The summed E-state index contributed by atoms with van der Waals surface area (Å²) in [7, 11) is 0. The Labute approximate surface area is 135 Å². The number of hydrogen-bond donors (Lipinski definition) is 1. The van der Waals surface area contributed by atoms with Crippen LogP contribution in [0.25, 0.3) is 16.9 Å². The summed E-state index contributed by atoms with van der Waals surface area (Å²) < 4.78 is 38.4. The van der Waals surface area contributed by atoms with Crippen LogP contribution in [0.3, 0.4) is 0 Å². The summed E-state index contributed by atoms with van der Waals surface area (Å²) >= 11 is 0. The molecule has 0 aliphatic heterocycles. The molecular formula is C17H14F3N3O. The van der Waals surface area contributed by atoms with Crippen LogP contribution in [0.5, 0.6) is 0 Å². The van der Waals surface area contributed by atoms with Gasteiger partial charge in [0.05, 0.1) is 11.3 Å². The lowest BCUT2D eigenvalue weighted by atomic mass is 10.1.